The minimum absolute atomic E-state index is 0.378. The summed E-state index contributed by atoms with van der Waals surface area (Å²) in [6.45, 7) is 9.35. The Bertz CT molecular complexity index is 576. The van der Waals surface area contributed by atoms with Crippen molar-refractivity contribution in [2.45, 2.75) is 34.3 Å². The Balaban J connectivity index is 2.10. The molecule has 4 nitrogen and oxygen atoms in total. The van der Waals surface area contributed by atoms with Crippen LogP contribution in [0.3, 0.4) is 0 Å². The summed E-state index contributed by atoms with van der Waals surface area (Å²) in [4.78, 5) is 8.84. The van der Waals surface area contributed by atoms with Gasteiger partial charge in [0.1, 0.15) is 18.2 Å². The van der Waals surface area contributed by atoms with Gasteiger partial charge in [0.25, 0.3) is 0 Å². The van der Waals surface area contributed by atoms with Crippen molar-refractivity contribution in [2.75, 3.05) is 11.9 Å². The number of rotatable bonds is 5. The van der Waals surface area contributed by atoms with Crippen molar-refractivity contribution in [3.63, 3.8) is 0 Å². The van der Waals surface area contributed by atoms with E-state index in [-0.39, 0.29) is 0 Å². The number of anilines is 1. The standard InChI is InChI=1S/C16H21N3O/c1-5-17-15-9-13(4)18-16(19-15)10-20-14-7-11(2)6-12(3)8-14/h6-9H,5,10H2,1-4H3,(H,17,18,19). The summed E-state index contributed by atoms with van der Waals surface area (Å²) in [6.07, 6.45) is 0. The fourth-order valence-electron chi connectivity index (χ4n) is 2.13. The molecule has 1 aromatic carbocycles. The van der Waals surface area contributed by atoms with Crippen LogP contribution in [0, 0.1) is 20.8 Å². The lowest BCUT2D eigenvalue weighted by Crippen LogP contribution is -2.07. The van der Waals surface area contributed by atoms with Gasteiger partial charge in [0.05, 0.1) is 0 Å². The zero-order chi connectivity index (χ0) is 14.5. The maximum Gasteiger partial charge on any atom is 0.168 e. The Morgan fingerprint density at radius 2 is 1.70 bits per heavy atom. The van der Waals surface area contributed by atoms with E-state index in [2.05, 4.69) is 35.2 Å². The van der Waals surface area contributed by atoms with E-state index in [0.29, 0.717) is 12.4 Å². The summed E-state index contributed by atoms with van der Waals surface area (Å²) in [7, 11) is 0. The van der Waals surface area contributed by atoms with Crippen LogP contribution >= 0.6 is 0 Å². The number of nitrogens with one attached hydrogen (secondary N) is 1. The first kappa shape index (κ1) is 14.3. The Labute approximate surface area is 120 Å². The molecule has 2 aromatic rings. The minimum atomic E-state index is 0.378. The quantitative estimate of drug-likeness (QED) is 0.905. The van der Waals surface area contributed by atoms with Crippen LogP contribution in [0.5, 0.6) is 5.75 Å². The molecule has 1 heterocycles. The minimum Gasteiger partial charge on any atom is -0.486 e. The van der Waals surface area contributed by atoms with E-state index in [9.17, 15) is 0 Å². The Kier molecular flexibility index (Phi) is 4.56. The number of nitrogens with zero attached hydrogens (tertiary/aromatic N) is 2. The highest BCUT2D eigenvalue weighted by Crippen LogP contribution is 2.17. The fraction of sp³-hybridized carbons (Fsp3) is 0.375. The van der Waals surface area contributed by atoms with Crippen LogP contribution in [0.2, 0.25) is 0 Å². The largest absolute Gasteiger partial charge is 0.486 e. The molecule has 0 atom stereocenters. The van der Waals surface area contributed by atoms with Gasteiger partial charge in [0, 0.05) is 18.3 Å². The highest BCUT2D eigenvalue weighted by molar-refractivity contribution is 5.36. The van der Waals surface area contributed by atoms with E-state index in [4.69, 9.17) is 4.74 Å². The maximum absolute atomic E-state index is 5.79. The first-order valence-electron chi connectivity index (χ1n) is 6.86. The smallest absolute Gasteiger partial charge is 0.168 e. The molecule has 0 fully saturated rings. The van der Waals surface area contributed by atoms with Crippen molar-refractivity contribution < 1.29 is 4.74 Å². The van der Waals surface area contributed by atoms with Gasteiger partial charge >= 0.3 is 0 Å². The van der Waals surface area contributed by atoms with Gasteiger partial charge in [-0.05, 0) is 51.0 Å². The van der Waals surface area contributed by atoms with Crippen LogP contribution in [0.15, 0.2) is 24.3 Å². The van der Waals surface area contributed by atoms with Gasteiger partial charge in [0.15, 0.2) is 5.82 Å². The molecule has 0 saturated carbocycles. The Hall–Kier alpha value is -2.10. The average molecular weight is 271 g/mol. The number of benzene rings is 1. The molecule has 4 heteroatoms. The number of hydrogen-bond donors (Lipinski definition) is 1. The lowest BCUT2D eigenvalue weighted by molar-refractivity contribution is 0.295. The molecular formula is C16H21N3O. The van der Waals surface area contributed by atoms with Gasteiger partial charge in [-0.3, -0.25) is 0 Å². The summed E-state index contributed by atoms with van der Waals surface area (Å²) >= 11 is 0. The molecule has 0 bridgehead atoms. The number of hydrogen-bond acceptors (Lipinski definition) is 4. The third-order valence-corrected chi connectivity index (χ3v) is 2.82. The Morgan fingerprint density at radius 1 is 1.00 bits per heavy atom. The van der Waals surface area contributed by atoms with Crippen LogP contribution in [-0.4, -0.2) is 16.5 Å². The molecule has 2 rings (SSSR count). The van der Waals surface area contributed by atoms with Crippen molar-refractivity contribution in [1.29, 1.82) is 0 Å². The molecular weight excluding hydrogens is 250 g/mol. The van der Waals surface area contributed by atoms with Crippen molar-refractivity contribution in [1.82, 2.24) is 9.97 Å². The molecule has 0 radical (unpaired) electrons. The zero-order valence-corrected chi connectivity index (χ0v) is 12.5. The fourth-order valence-corrected chi connectivity index (χ4v) is 2.13. The predicted molar refractivity (Wildman–Crippen MR) is 81.2 cm³/mol. The third-order valence-electron chi connectivity index (χ3n) is 2.82. The molecule has 0 aliphatic carbocycles. The monoisotopic (exact) mass is 271 g/mol. The zero-order valence-electron chi connectivity index (χ0n) is 12.5. The highest BCUT2D eigenvalue weighted by Gasteiger charge is 2.04. The number of aryl methyl sites for hydroxylation is 3. The molecule has 0 unspecified atom stereocenters. The topological polar surface area (TPSA) is 47.0 Å². The third kappa shape index (κ3) is 3.95. The molecule has 1 aromatic heterocycles. The molecule has 0 aliphatic heterocycles. The van der Waals surface area contributed by atoms with E-state index in [1.165, 1.54) is 11.1 Å². The maximum atomic E-state index is 5.79. The van der Waals surface area contributed by atoms with Gasteiger partial charge in [-0.2, -0.15) is 0 Å². The highest BCUT2D eigenvalue weighted by atomic mass is 16.5. The van der Waals surface area contributed by atoms with E-state index >= 15 is 0 Å². The van der Waals surface area contributed by atoms with Gasteiger partial charge in [-0.15, -0.1) is 0 Å². The van der Waals surface area contributed by atoms with Crippen LogP contribution in [-0.2, 0) is 6.61 Å². The van der Waals surface area contributed by atoms with E-state index in [1.807, 2.05) is 32.0 Å². The molecule has 0 amide bonds. The molecule has 106 valence electrons. The number of aromatic nitrogens is 2. The second kappa shape index (κ2) is 6.37. The summed E-state index contributed by atoms with van der Waals surface area (Å²) in [6, 6.07) is 8.10. The lowest BCUT2D eigenvalue weighted by atomic mass is 10.1. The van der Waals surface area contributed by atoms with Gasteiger partial charge in [-0.1, -0.05) is 6.07 Å². The van der Waals surface area contributed by atoms with E-state index < -0.39 is 0 Å². The van der Waals surface area contributed by atoms with Crippen LogP contribution < -0.4 is 10.1 Å². The average Bonchev–Trinajstić information content (AvgIpc) is 2.35. The van der Waals surface area contributed by atoms with Crippen molar-refractivity contribution in [2.24, 2.45) is 0 Å². The van der Waals surface area contributed by atoms with Crippen molar-refractivity contribution in [3.05, 3.63) is 46.9 Å². The van der Waals surface area contributed by atoms with E-state index in [0.717, 1.165) is 23.8 Å². The normalized spacial score (nSPS) is 10.4. The Morgan fingerprint density at radius 3 is 2.35 bits per heavy atom. The van der Waals surface area contributed by atoms with Crippen LogP contribution in [0.4, 0.5) is 5.82 Å². The van der Waals surface area contributed by atoms with Crippen molar-refractivity contribution >= 4 is 5.82 Å². The molecule has 1 N–H and O–H groups in total. The molecule has 0 aliphatic rings. The summed E-state index contributed by atoms with van der Waals surface area (Å²) in [5.41, 5.74) is 3.33. The molecule has 0 saturated heterocycles. The summed E-state index contributed by atoms with van der Waals surface area (Å²) in [5.74, 6) is 2.40. The van der Waals surface area contributed by atoms with Gasteiger partial charge in [-0.25, -0.2) is 9.97 Å². The molecule has 20 heavy (non-hydrogen) atoms. The predicted octanol–water partition coefficient (Wildman–Crippen LogP) is 3.41. The number of ether oxygens (including phenoxy) is 1. The van der Waals surface area contributed by atoms with Crippen LogP contribution in [0.1, 0.15) is 29.6 Å². The van der Waals surface area contributed by atoms with Crippen LogP contribution in [0.25, 0.3) is 0 Å². The van der Waals surface area contributed by atoms with Gasteiger partial charge in [0.2, 0.25) is 0 Å². The first-order valence-corrected chi connectivity index (χ1v) is 6.86. The summed E-state index contributed by atoms with van der Waals surface area (Å²) < 4.78 is 5.79. The first-order chi connectivity index (χ1) is 9.56. The second-order valence-electron chi connectivity index (χ2n) is 4.95. The lowest BCUT2D eigenvalue weighted by Gasteiger charge is -2.09. The summed E-state index contributed by atoms with van der Waals surface area (Å²) in [5, 5.41) is 3.20. The van der Waals surface area contributed by atoms with Crippen molar-refractivity contribution in [3.8, 4) is 5.75 Å². The van der Waals surface area contributed by atoms with E-state index in [1.54, 1.807) is 0 Å². The molecule has 0 spiro atoms. The van der Waals surface area contributed by atoms with Gasteiger partial charge < -0.3 is 10.1 Å². The second-order valence-corrected chi connectivity index (χ2v) is 4.95. The SMILES string of the molecule is CCNc1cc(C)nc(COc2cc(C)cc(C)c2)n1.